The molecule has 1 aliphatic heterocycles. The van der Waals surface area contributed by atoms with Gasteiger partial charge in [-0.1, -0.05) is 36.4 Å². The Hall–Kier alpha value is -2.53. The van der Waals surface area contributed by atoms with Crippen LogP contribution in [0.25, 0.3) is 21.8 Å². The number of aliphatic hydroxyl groups is 1. The van der Waals surface area contributed by atoms with Gasteiger partial charge in [-0.25, -0.2) is 4.79 Å². The quantitative estimate of drug-likeness (QED) is 0.767. The molecule has 0 bridgehead atoms. The van der Waals surface area contributed by atoms with Crippen molar-refractivity contribution in [2.75, 3.05) is 26.2 Å². The molecule has 1 unspecified atom stereocenters. The van der Waals surface area contributed by atoms with E-state index in [4.69, 9.17) is 0 Å². The monoisotopic (exact) mass is 351 g/mol. The lowest BCUT2D eigenvalue weighted by Crippen LogP contribution is -2.51. The van der Waals surface area contributed by atoms with E-state index >= 15 is 0 Å². The van der Waals surface area contributed by atoms with E-state index in [9.17, 15) is 9.90 Å². The Morgan fingerprint density at radius 2 is 1.50 bits per heavy atom. The highest BCUT2D eigenvalue weighted by atomic mass is 16.3. The number of aromatic nitrogens is 1. The normalized spacial score (nSPS) is 16.6. The number of benzene rings is 2. The first-order valence-electron chi connectivity index (χ1n) is 9.37. The summed E-state index contributed by atoms with van der Waals surface area (Å²) in [4.78, 5) is 16.1. The van der Waals surface area contributed by atoms with Gasteiger partial charge in [-0.05, 0) is 25.5 Å². The van der Waals surface area contributed by atoms with Gasteiger partial charge in [0.1, 0.15) is 0 Å². The molecule has 1 aromatic heterocycles. The van der Waals surface area contributed by atoms with Gasteiger partial charge in [-0.2, -0.15) is 0 Å². The van der Waals surface area contributed by atoms with Crippen molar-refractivity contribution in [1.82, 2.24) is 14.4 Å². The van der Waals surface area contributed by atoms with Crippen LogP contribution in [0.2, 0.25) is 0 Å². The topological polar surface area (TPSA) is 48.7 Å². The molecular weight excluding hydrogens is 326 g/mol. The standard InChI is InChI=1S/C21H25N3O2/c1-2-22-12-7-13-23(21(22)26)14-16(25)15-24-19-10-5-3-8-17(19)18-9-4-6-11-20(18)24/h3-6,8-11,16,25H,2,7,12-15H2,1H3. The summed E-state index contributed by atoms with van der Waals surface area (Å²) in [7, 11) is 0. The molecule has 1 aliphatic rings. The number of rotatable bonds is 5. The minimum atomic E-state index is -0.602. The molecular formula is C21H25N3O2. The zero-order chi connectivity index (χ0) is 18.1. The van der Waals surface area contributed by atoms with E-state index in [0.717, 1.165) is 37.1 Å². The van der Waals surface area contributed by atoms with E-state index in [1.165, 1.54) is 10.8 Å². The third-order valence-electron chi connectivity index (χ3n) is 5.28. The first kappa shape index (κ1) is 16.9. The highest BCUT2D eigenvalue weighted by molar-refractivity contribution is 6.07. The van der Waals surface area contributed by atoms with Crippen LogP contribution in [0.1, 0.15) is 13.3 Å². The molecule has 2 heterocycles. The molecule has 3 aromatic rings. The van der Waals surface area contributed by atoms with Gasteiger partial charge >= 0.3 is 6.03 Å². The average molecular weight is 351 g/mol. The molecule has 1 saturated heterocycles. The lowest BCUT2D eigenvalue weighted by Gasteiger charge is -2.36. The minimum Gasteiger partial charge on any atom is -0.389 e. The molecule has 1 atom stereocenters. The predicted molar refractivity (Wildman–Crippen MR) is 104 cm³/mol. The maximum absolute atomic E-state index is 12.5. The van der Waals surface area contributed by atoms with E-state index in [2.05, 4.69) is 28.8 Å². The molecule has 5 nitrogen and oxygen atoms in total. The Morgan fingerprint density at radius 3 is 2.12 bits per heavy atom. The van der Waals surface area contributed by atoms with Gasteiger partial charge in [0.15, 0.2) is 0 Å². The summed E-state index contributed by atoms with van der Waals surface area (Å²) in [6.07, 6.45) is 0.358. The van der Waals surface area contributed by atoms with Crippen LogP contribution in [0.15, 0.2) is 48.5 Å². The number of carbonyl (C=O) groups excluding carboxylic acids is 1. The molecule has 26 heavy (non-hydrogen) atoms. The molecule has 1 N–H and O–H groups in total. The van der Waals surface area contributed by atoms with E-state index in [0.29, 0.717) is 13.1 Å². The summed E-state index contributed by atoms with van der Waals surface area (Å²) >= 11 is 0. The van der Waals surface area contributed by atoms with Crippen LogP contribution in [-0.2, 0) is 6.54 Å². The second kappa shape index (κ2) is 7.00. The van der Waals surface area contributed by atoms with Crippen molar-refractivity contribution in [2.45, 2.75) is 26.0 Å². The van der Waals surface area contributed by atoms with E-state index in [1.54, 1.807) is 4.90 Å². The van der Waals surface area contributed by atoms with Gasteiger partial charge in [0.05, 0.1) is 19.2 Å². The number of carbonyl (C=O) groups is 1. The zero-order valence-electron chi connectivity index (χ0n) is 15.1. The zero-order valence-corrected chi connectivity index (χ0v) is 15.1. The van der Waals surface area contributed by atoms with Gasteiger partial charge in [0.2, 0.25) is 0 Å². The lowest BCUT2D eigenvalue weighted by atomic mass is 10.2. The van der Waals surface area contributed by atoms with Crippen molar-refractivity contribution in [1.29, 1.82) is 0 Å². The molecule has 0 saturated carbocycles. The number of amides is 2. The average Bonchev–Trinajstić information content (AvgIpc) is 2.98. The Labute approximate surface area is 153 Å². The Bertz CT molecular complexity index is 880. The van der Waals surface area contributed by atoms with Crippen LogP contribution in [0.5, 0.6) is 0 Å². The second-order valence-corrected chi connectivity index (χ2v) is 6.96. The Balaban J connectivity index is 1.59. The number of aliphatic hydroxyl groups excluding tert-OH is 1. The first-order valence-corrected chi connectivity index (χ1v) is 9.37. The molecule has 136 valence electrons. The van der Waals surface area contributed by atoms with Crippen molar-refractivity contribution in [3.05, 3.63) is 48.5 Å². The summed E-state index contributed by atoms with van der Waals surface area (Å²) < 4.78 is 2.17. The van der Waals surface area contributed by atoms with Crippen molar-refractivity contribution < 1.29 is 9.90 Å². The highest BCUT2D eigenvalue weighted by Gasteiger charge is 2.26. The van der Waals surface area contributed by atoms with E-state index in [1.807, 2.05) is 36.1 Å². The lowest BCUT2D eigenvalue weighted by molar-refractivity contribution is 0.0807. The number of hydrogen-bond donors (Lipinski definition) is 1. The van der Waals surface area contributed by atoms with Crippen LogP contribution < -0.4 is 0 Å². The van der Waals surface area contributed by atoms with E-state index < -0.39 is 6.10 Å². The fourth-order valence-corrected chi connectivity index (χ4v) is 4.03. The fraction of sp³-hybridized carbons (Fsp3) is 0.381. The first-order chi connectivity index (χ1) is 12.7. The molecule has 4 rings (SSSR count). The molecule has 2 amide bonds. The number of urea groups is 1. The van der Waals surface area contributed by atoms with Gasteiger partial charge in [-0.3, -0.25) is 0 Å². The molecule has 0 aliphatic carbocycles. The summed E-state index contributed by atoms with van der Waals surface area (Å²) in [5.74, 6) is 0. The fourth-order valence-electron chi connectivity index (χ4n) is 4.03. The molecule has 1 fully saturated rings. The van der Waals surface area contributed by atoms with Crippen molar-refractivity contribution in [3.8, 4) is 0 Å². The molecule has 5 heteroatoms. The maximum atomic E-state index is 12.5. The van der Waals surface area contributed by atoms with Crippen molar-refractivity contribution >= 4 is 27.8 Å². The van der Waals surface area contributed by atoms with Crippen molar-refractivity contribution in [2.24, 2.45) is 0 Å². The second-order valence-electron chi connectivity index (χ2n) is 6.96. The third kappa shape index (κ3) is 2.92. The highest BCUT2D eigenvalue weighted by Crippen LogP contribution is 2.29. The van der Waals surface area contributed by atoms with Crippen LogP contribution >= 0.6 is 0 Å². The summed E-state index contributed by atoms with van der Waals surface area (Å²) in [5, 5.41) is 13.1. The number of para-hydroxylation sites is 2. The largest absolute Gasteiger partial charge is 0.389 e. The van der Waals surface area contributed by atoms with E-state index in [-0.39, 0.29) is 6.03 Å². The SMILES string of the molecule is CCN1CCCN(CC(O)Cn2c3ccccc3c3ccccc32)C1=O. The third-order valence-corrected chi connectivity index (χ3v) is 5.28. The number of fused-ring (bicyclic) bond motifs is 3. The van der Waals surface area contributed by atoms with Gasteiger partial charge in [-0.15, -0.1) is 0 Å². The molecule has 2 aromatic carbocycles. The van der Waals surface area contributed by atoms with Crippen molar-refractivity contribution in [3.63, 3.8) is 0 Å². The van der Waals surface area contributed by atoms with Crippen LogP contribution in [0.3, 0.4) is 0 Å². The Morgan fingerprint density at radius 1 is 0.923 bits per heavy atom. The summed E-state index contributed by atoms with van der Waals surface area (Å²) in [6, 6.07) is 16.6. The number of hydrogen-bond acceptors (Lipinski definition) is 2. The molecule has 0 radical (unpaired) electrons. The minimum absolute atomic E-state index is 0.0417. The molecule has 0 spiro atoms. The summed E-state index contributed by atoms with van der Waals surface area (Å²) in [5.41, 5.74) is 2.24. The Kier molecular flexibility index (Phi) is 4.55. The summed E-state index contributed by atoms with van der Waals surface area (Å²) in [6.45, 7) is 5.10. The number of β-amino-alcohol motifs (C(OH)–C–C–N with tert-alkyl or cyclic N) is 1. The van der Waals surface area contributed by atoms with Gasteiger partial charge in [0, 0.05) is 41.4 Å². The smallest absolute Gasteiger partial charge is 0.320 e. The van der Waals surface area contributed by atoms with Gasteiger partial charge < -0.3 is 19.5 Å². The van der Waals surface area contributed by atoms with Crippen LogP contribution in [-0.4, -0.2) is 57.8 Å². The van der Waals surface area contributed by atoms with Crippen LogP contribution in [0.4, 0.5) is 4.79 Å². The van der Waals surface area contributed by atoms with Gasteiger partial charge in [0.25, 0.3) is 0 Å². The van der Waals surface area contributed by atoms with Crippen LogP contribution in [0, 0.1) is 0 Å². The predicted octanol–water partition coefficient (Wildman–Crippen LogP) is 3.30. The number of nitrogens with zero attached hydrogens (tertiary/aromatic N) is 3. The maximum Gasteiger partial charge on any atom is 0.320 e.